The first-order valence-electron chi connectivity index (χ1n) is 7.67. The molecule has 6 heteroatoms. The number of rotatable bonds is 6. The lowest BCUT2D eigenvalue weighted by atomic mass is 10.1. The third-order valence-corrected chi connectivity index (χ3v) is 3.47. The van der Waals surface area contributed by atoms with Crippen LogP contribution in [0.2, 0.25) is 0 Å². The SMILES string of the molecule is Cc1cc(NC(=O)CCCN)ccc1NC(=O)c1ccc(F)cc1. The first-order chi connectivity index (χ1) is 11.5. The summed E-state index contributed by atoms with van der Waals surface area (Å²) in [4.78, 5) is 23.8. The molecule has 126 valence electrons. The highest BCUT2D eigenvalue weighted by Gasteiger charge is 2.09. The number of anilines is 2. The molecule has 0 heterocycles. The van der Waals surface area contributed by atoms with Crippen LogP contribution < -0.4 is 16.4 Å². The Balaban J connectivity index is 2.02. The summed E-state index contributed by atoms with van der Waals surface area (Å²) in [6, 6.07) is 10.5. The fraction of sp³-hybridized carbons (Fsp3) is 0.222. The number of amides is 2. The Labute approximate surface area is 140 Å². The van der Waals surface area contributed by atoms with E-state index in [0.717, 1.165) is 5.56 Å². The molecule has 24 heavy (non-hydrogen) atoms. The number of carbonyl (C=O) groups excluding carboxylic acids is 2. The largest absolute Gasteiger partial charge is 0.330 e. The van der Waals surface area contributed by atoms with Gasteiger partial charge in [0.2, 0.25) is 5.91 Å². The molecule has 0 fully saturated rings. The standard InChI is InChI=1S/C18H20FN3O2/c1-12-11-15(21-17(23)3-2-10-20)8-9-16(12)22-18(24)13-4-6-14(19)7-5-13/h4-9,11H,2-3,10,20H2,1H3,(H,21,23)(H,22,24). The van der Waals surface area contributed by atoms with Gasteiger partial charge in [-0.1, -0.05) is 0 Å². The summed E-state index contributed by atoms with van der Waals surface area (Å²) in [5.74, 6) is -0.807. The van der Waals surface area contributed by atoms with Crippen molar-refractivity contribution in [2.24, 2.45) is 5.73 Å². The Bertz CT molecular complexity index is 730. The molecule has 0 atom stereocenters. The van der Waals surface area contributed by atoms with E-state index in [0.29, 0.717) is 36.3 Å². The van der Waals surface area contributed by atoms with E-state index in [2.05, 4.69) is 10.6 Å². The van der Waals surface area contributed by atoms with Crippen molar-refractivity contribution < 1.29 is 14.0 Å². The maximum Gasteiger partial charge on any atom is 0.255 e. The number of carbonyl (C=O) groups is 2. The average Bonchev–Trinajstić information content (AvgIpc) is 2.56. The zero-order chi connectivity index (χ0) is 17.5. The second-order valence-corrected chi connectivity index (χ2v) is 5.43. The van der Waals surface area contributed by atoms with Gasteiger partial charge in [0.05, 0.1) is 0 Å². The van der Waals surface area contributed by atoms with E-state index in [1.807, 2.05) is 6.92 Å². The number of hydrogen-bond donors (Lipinski definition) is 3. The van der Waals surface area contributed by atoms with Gasteiger partial charge >= 0.3 is 0 Å². The zero-order valence-corrected chi connectivity index (χ0v) is 13.4. The Kier molecular flexibility index (Phi) is 6.03. The topological polar surface area (TPSA) is 84.2 Å². The number of hydrogen-bond acceptors (Lipinski definition) is 3. The van der Waals surface area contributed by atoms with Gasteiger partial charge in [0.25, 0.3) is 5.91 Å². The summed E-state index contributed by atoms with van der Waals surface area (Å²) >= 11 is 0. The molecule has 2 aromatic rings. The molecule has 0 radical (unpaired) electrons. The van der Waals surface area contributed by atoms with Gasteiger partial charge < -0.3 is 16.4 Å². The second-order valence-electron chi connectivity index (χ2n) is 5.43. The number of nitrogens with one attached hydrogen (secondary N) is 2. The number of halogens is 1. The Hall–Kier alpha value is -2.73. The van der Waals surface area contributed by atoms with Crippen molar-refractivity contribution >= 4 is 23.2 Å². The summed E-state index contributed by atoms with van der Waals surface area (Å²) in [6.45, 7) is 2.30. The third kappa shape index (κ3) is 4.89. The highest BCUT2D eigenvalue weighted by Crippen LogP contribution is 2.21. The van der Waals surface area contributed by atoms with Crippen molar-refractivity contribution in [3.8, 4) is 0 Å². The molecular formula is C18H20FN3O2. The van der Waals surface area contributed by atoms with Gasteiger partial charge in [-0.15, -0.1) is 0 Å². The second kappa shape index (κ2) is 8.21. The molecule has 0 aliphatic rings. The van der Waals surface area contributed by atoms with Crippen LogP contribution in [0.5, 0.6) is 0 Å². The molecule has 0 saturated heterocycles. The van der Waals surface area contributed by atoms with E-state index in [-0.39, 0.29) is 11.8 Å². The van der Waals surface area contributed by atoms with Crippen molar-refractivity contribution in [3.63, 3.8) is 0 Å². The van der Waals surface area contributed by atoms with Gasteiger partial charge in [-0.3, -0.25) is 9.59 Å². The first kappa shape index (κ1) is 17.6. The van der Waals surface area contributed by atoms with E-state index in [9.17, 15) is 14.0 Å². The quantitative estimate of drug-likeness (QED) is 0.761. The number of benzene rings is 2. The Morgan fingerprint density at radius 1 is 1.08 bits per heavy atom. The average molecular weight is 329 g/mol. The molecule has 0 saturated carbocycles. The maximum atomic E-state index is 12.9. The van der Waals surface area contributed by atoms with E-state index >= 15 is 0 Å². The molecule has 2 amide bonds. The van der Waals surface area contributed by atoms with Gasteiger partial charge in [-0.25, -0.2) is 4.39 Å². The van der Waals surface area contributed by atoms with Gasteiger partial charge in [0, 0.05) is 23.4 Å². The van der Waals surface area contributed by atoms with Crippen LogP contribution in [0.1, 0.15) is 28.8 Å². The monoisotopic (exact) mass is 329 g/mol. The summed E-state index contributed by atoms with van der Waals surface area (Å²) in [5.41, 5.74) is 7.84. The maximum absolute atomic E-state index is 12.9. The van der Waals surface area contributed by atoms with Gasteiger partial charge in [0.15, 0.2) is 0 Å². The van der Waals surface area contributed by atoms with Gasteiger partial charge in [0.1, 0.15) is 5.82 Å². The van der Waals surface area contributed by atoms with Crippen molar-refractivity contribution in [1.82, 2.24) is 0 Å². The first-order valence-corrected chi connectivity index (χ1v) is 7.67. The van der Waals surface area contributed by atoms with Crippen molar-refractivity contribution in [2.45, 2.75) is 19.8 Å². The number of nitrogens with two attached hydrogens (primary N) is 1. The minimum absolute atomic E-state index is 0.0945. The fourth-order valence-corrected chi connectivity index (χ4v) is 2.16. The van der Waals surface area contributed by atoms with Crippen molar-refractivity contribution in [2.75, 3.05) is 17.2 Å². The molecule has 2 rings (SSSR count). The van der Waals surface area contributed by atoms with E-state index < -0.39 is 5.82 Å². The highest BCUT2D eigenvalue weighted by molar-refractivity contribution is 6.04. The van der Waals surface area contributed by atoms with Gasteiger partial charge in [-0.05, 0) is 67.9 Å². The molecule has 0 aliphatic carbocycles. The van der Waals surface area contributed by atoms with Crippen LogP contribution in [-0.2, 0) is 4.79 Å². The summed E-state index contributed by atoms with van der Waals surface area (Å²) < 4.78 is 12.9. The summed E-state index contributed by atoms with van der Waals surface area (Å²) in [6.07, 6.45) is 1.01. The predicted molar refractivity (Wildman–Crippen MR) is 92.5 cm³/mol. The van der Waals surface area contributed by atoms with Gasteiger partial charge in [-0.2, -0.15) is 0 Å². The molecular weight excluding hydrogens is 309 g/mol. The summed E-state index contributed by atoms with van der Waals surface area (Å²) in [7, 11) is 0. The molecule has 2 aromatic carbocycles. The molecule has 0 aliphatic heterocycles. The molecule has 0 unspecified atom stereocenters. The number of aryl methyl sites for hydroxylation is 1. The minimum atomic E-state index is -0.391. The van der Waals surface area contributed by atoms with Crippen LogP contribution in [-0.4, -0.2) is 18.4 Å². The fourth-order valence-electron chi connectivity index (χ4n) is 2.16. The zero-order valence-electron chi connectivity index (χ0n) is 13.4. The van der Waals surface area contributed by atoms with Crippen LogP contribution in [0.3, 0.4) is 0 Å². The third-order valence-electron chi connectivity index (χ3n) is 3.47. The van der Waals surface area contributed by atoms with E-state index in [1.54, 1.807) is 18.2 Å². The van der Waals surface area contributed by atoms with E-state index in [1.165, 1.54) is 24.3 Å². The minimum Gasteiger partial charge on any atom is -0.330 e. The van der Waals surface area contributed by atoms with Crippen LogP contribution in [0.15, 0.2) is 42.5 Å². The molecule has 4 N–H and O–H groups in total. The Morgan fingerprint density at radius 3 is 2.42 bits per heavy atom. The van der Waals surface area contributed by atoms with Crippen LogP contribution in [0, 0.1) is 12.7 Å². The van der Waals surface area contributed by atoms with Crippen LogP contribution in [0.4, 0.5) is 15.8 Å². The van der Waals surface area contributed by atoms with Crippen LogP contribution >= 0.6 is 0 Å². The summed E-state index contributed by atoms with van der Waals surface area (Å²) in [5, 5.41) is 5.56. The van der Waals surface area contributed by atoms with E-state index in [4.69, 9.17) is 5.73 Å². The predicted octanol–water partition coefficient (Wildman–Crippen LogP) is 3.06. The molecule has 0 spiro atoms. The van der Waals surface area contributed by atoms with Crippen LogP contribution in [0.25, 0.3) is 0 Å². The van der Waals surface area contributed by atoms with Crippen molar-refractivity contribution in [3.05, 3.63) is 59.4 Å². The lowest BCUT2D eigenvalue weighted by molar-refractivity contribution is -0.116. The molecule has 0 bridgehead atoms. The van der Waals surface area contributed by atoms with Crippen molar-refractivity contribution in [1.29, 1.82) is 0 Å². The lowest BCUT2D eigenvalue weighted by Crippen LogP contribution is -2.15. The lowest BCUT2D eigenvalue weighted by Gasteiger charge is -2.11. The molecule has 0 aromatic heterocycles. The Morgan fingerprint density at radius 2 is 1.79 bits per heavy atom. The normalized spacial score (nSPS) is 10.3. The molecule has 5 nitrogen and oxygen atoms in total. The smallest absolute Gasteiger partial charge is 0.255 e. The highest BCUT2D eigenvalue weighted by atomic mass is 19.1.